The summed E-state index contributed by atoms with van der Waals surface area (Å²) in [7, 11) is 0. The molecule has 0 saturated carbocycles. The fourth-order valence-electron chi connectivity index (χ4n) is 2.56. The van der Waals surface area contributed by atoms with Gasteiger partial charge in [-0.15, -0.1) is 0 Å². The van der Waals surface area contributed by atoms with Crippen molar-refractivity contribution in [3.63, 3.8) is 0 Å². The summed E-state index contributed by atoms with van der Waals surface area (Å²) in [5, 5.41) is 15.8. The van der Waals surface area contributed by atoms with Crippen LogP contribution in [0, 0.1) is 0 Å². The Bertz CT molecular complexity index is 455. The quantitative estimate of drug-likeness (QED) is 0.667. The van der Waals surface area contributed by atoms with Crippen LogP contribution >= 0.6 is 0 Å². The van der Waals surface area contributed by atoms with Crippen molar-refractivity contribution in [2.45, 2.75) is 12.0 Å². The number of anilines is 1. The summed E-state index contributed by atoms with van der Waals surface area (Å²) in [5.41, 5.74) is 0.606. The number of phenolic OH excluding ortho intramolecular Hbond substituents is 1. The van der Waals surface area contributed by atoms with Crippen molar-refractivity contribution in [1.29, 1.82) is 0 Å². The Morgan fingerprint density at radius 1 is 1.41 bits per heavy atom. The minimum atomic E-state index is -0.136. The molecule has 1 atom stereocenters. The predicted molar refractivity (Wildman–Crippen MR) is 64.2 cm³/mol. The van der Waals surface area contributed by atoms with Gasteiger partial charge < -0.3 is 15.7 Å². The summed E-state index contributed by atoms with van der Waals surface area (Å²) in [6, 6.07) is 6.71. The molecule has 2 aliphatic rings. The number of rotatable bonds is 1. The largest absolute Gasteiger partial charge is 0.508 e. The molecule has 0 aromatic heterocycles. The van der Waals surface area contributed by atoms with E-state index >= 15 is 0 Å². The second-order valence-electron chi connectivity index (χ2n) is 4.74. The molecule has 0 aliphatic carbocycles. The van der Waals surface area contributed by atoms with Gasteiger partial charge >= 0.3 is 6.03 Å². The van der Waals surface area contributed by atoms with E-state index in [9.17, 15) is 9.90 Å². The fourth-order valence-corrected chi connectivity index (χ4v) is 2.56. The Morgan fingerprint density at radius 3 is 3.00 bits per heavy atom. The van der Waals surface area contributed by atoms with E-state index in [1.165, 1.54) is 0 Å². The van der Waals surface area contributed by atoms with Gasteiger partial charge in [0.25, 0.3) is 0 Å². The van der Waals surface area contributed by atoms with Crippen molar-refractivity contribution in [2.75, 3.05) is 24.5 Å². The van der Waals surface area contributed by atoms with Crippen molar-refractivity contribution < 1.29 is 9.90 Å². The second-order valence-corrected chi connectivity index (χ2v) is 4.74. The number of hydrogen-bond acceptors (Lipinski definition) is 3. The molecule has 1 spiro atoms. The summed E-state index contributed by atoms with van der Waals surface area (Å²) >= 11 is 0. The van der Waals surface area contributed by atoms with Crippen LogP contribution in [0.5, 0.6) is 5.75 Å². The summed E-state index contributed by atoms with van der Waals surface area (Å²) in [6.07, 6.45) is 0.952. The molecule has 5 nitrogen and oxygen atoms in total. The molecular weight excluding hydrogens is 218 g/mol. The van der Waals surface area contributed by atoms with Crippen LogP contribution in [-0.2, 0) is 0 Å². The van der Waals surface area contributed by atoms with Crippen molar-refractivity contribution in [3.05, 3.63) is 24.3 Å². The van der Waals surface area contributed by atoms with Crippen LogP contribution in [0.25, 0.3) is 0 Å². The highest BCUT2D eigenvalue weighted by molar-refractivity contribution is 5.95. The summed E-state index contributed by atoms with van der Waals surface area (Å²) in [4.78, 5) is 13.6. The van der Waals surface area contributed by atoms with Crippen molar-refractivity contribution in [2.24, 2.45) is 0 Å². The molecule has 2 heterocycles. The zero-order valence-corrected chi connectivity index (χ0v) is 9.44. The van der Waals surface area contributed by atoms with Gasteiger partial charge in [0.15, 0.2) is 0 Å². The molecule has 1 unspecified atom stereocenters. The van der Waals surface area contributed by atoms with Crippen LogP contribution in [0.1, 0.15) is 6.42 Å². The van der Waals surface area contributed by atoms with Gasteiger partial charge in [-0.3, -0.25) is 4.90 Å². The predicted octanol–water partition coefficient (Wildman–Crippen LogP) is 0.654. The first-order valence-electron chi connectivity index (χ1n) is 5.78. The minimum Gasteiger partial charge on any atom is -0.508 e. The molecule has 5 heteroatoms. The lowest BCUT2D eigenvalue weighted by Gasteiger charge is -2.21. The zero-order chi connectivity index (χ0) is 11.9. The van der Waals surface area contributed by atoms with Gasteiger partial charge in [-0.05, 0) is 25.1 Å². The molecule has 2 saturated heterocycles. The number of carbonyl (C=O) groups excluding carboxylic acids is 1. The van der Waals surface area contributed by atoms with E-state index in [0.717, 1.165) is 25.2 Å². The van der Waals surface area contributed by atoms with Crippen LogP contribution < -0.4 is 15.5 Å². The molecule has 2 amide bonds. The number of aromatic hydroxyl groups is 1. The van der Waals surface area contributed by atoms with Crippen molar-refractivity contribution in [1.82, 2.24) is 10.6 Å². The lowest BCUT2D eigenvalue weighted by molar-refractivity contribution is 0.248. The Morgan fingerprint density at radius 2 is 2.29 bits per heavy atom. The topological polar surface area (TPSA) is 64.6 Å². The van der Waals surface area contributed by atoms with Crippen LogP contribution in [-0.4, -0.2) is 36.3 Å². The molecule has 3 N–H and O–H groups in total. The van der Waals surface area contributed by atoms with Crippen LogP contribution in [0.3, 0.4) is 0 Å². The number of nitrogens with zero attached hydrogens (tertiary/aromatic N) is 1. The second kappa shape index (κ2) is 3.63. The van der Waals surface area contributed by atoms with E-state index in [0.29, 0.717) is 6.54 Å². The van der Waals surface area contributed by atoms with Gasteiger partial charge in [0.05, 0.1) is 12.1 Å². The smallest absolute Gasteiger partial charge is 0.322 e. The van der Waals surface area contributed by atoms with Crippen molar-refractivity contribution >= 4 is 11.7 Å². The Labute approximate surface area is 99.4 Å². The average Bonchev–Trinajstić information content (AvgIpc) is 2.87. The van der Waals surface area contributed by atoms with Crippen LogP contribution in [0.2, 0.25) is 0 Å². The molecule has 0 bridgehead atoms. The molecule has 17 heavy (non-hydrogen) atoms. The Hall–Kier alpha value is -1.75. The number of carbonyl (C=O) groups is 1. The van der Waals surface area contributed by atoms with Gasteiger partial charge in [-0.2, -0.15) is 0 Å². The third-order valence-corrected chi connectivity index (χ3v) is 3.46. The molecule has 2 aliphatic heterocycles. The Kier molecular flexibility index (Phi) is 2.22. The molecule has 90 valence electrons. The van der Waals surface area contributed by atoms with E-state index < -0.39 is 0 Å². The monoisotopic (exact) mass is 233 g/mol. The van der Waals surface area contributed by atoms with E-state index in [2.05, 4.69) is 10.6 Å². The maximum absolute atomic E-state index is 12.0. The first kappa shape index (κ1) is 10.4. The first-order chi connectivity index (χ1) is 8.19. The number of benzene rings is 1. The first-order valence-corrected chi connectivity index (χ1v) is 5.78. The Balaban J connectivity index is 1.87. The van der Waals surface area contributed by atoms with Gasteiger partial charge in [-0.1, -0.05) is 6.07 Å². The van der Waals surface area contributed by atoms with Gasteiger partial charge in [0.1, 0.15) is 5.75 Å². The third-order valence-electron chi connectivity index (χ3n) is 3.46. The molecule has 1 aromatic rings. The minimum absolute atomic E-state index is 0.0840. The van der Waals surface area contributed by atoms with Gasteiger partial charge in [0, 0.05) is 18.3 Å². The zero-order valence-electron chi connectivity index (χ0n) is 9.44. The standard InChI is InChI=1S/C12H15N3O2/c16-10-3-1-2-9(6-10)15-8-12(14-11(15)17)4-5-13-7-12/h1-3,6,13,16H,4-5,7-8H2,(H,14,17). The fraction of sp³-hybridized carbons (Fsp3) is 0.417. The lowest BCUT2D eigenvalue weighted by Crippen LogP contribution is -2.45. The van der Waals surface area contributed by atoms with Gasteiger partial charge in [-0.25, -0.2) is 4.79 Å². The van der Waals surface area contributed by atoms with E-state index in [1.807, 2.05) is 6.07 Å². The summed E-state index contributed by atoms with van der Waals surface area (Å²) in [5.74, 6) is 0.181. The average molecular weight is 233 g/mol. The summed E-state index contributed by atoms with van der Waals surface area (Å²) < 4.78 is 0. The number of urea groups is 1. The third kappa shape index (κ3) is 1.72. The normalized spacial score (nSPS) is 27.8. The number of amides is 2. The molecule has 3 rings (SSSR count). The van der Waals surface area contributed by atoms with Crippen LogP contribution in [0.15, 0.2) is 24.3 Å². The number of hydrogen-bond donors (Lipinski definition) is 3. The van der Waals surface area contributed by atoms with Crippen LogP contribution in [0.4, 0.5) is 10.5 Å². The van der Waals surface area contributed by atoms with E-state index in [-0.39, 0.29) is 17.3 Å². The lowest BCUT2D eigenvalue weighted by atomic mass is 10.0. The maximum atomic E-state index is 12.0. The van der Waals surface area contributed by atoms with Crippen molar-refractivity contribution in [3.8, 4) is 5.75 Å². The SMILES string of the molecule is O=C1NC2(CCNC2)CN1c1cccc(O)c1. The number of nitrogens with one attached hydrogen (secondary N) is 2. The number of phenols is 1. The highest BCUT2D eigenvalue weighted by atomic mass is 16.3. The summed E-state index contributed by atoms with van der Waals surface area (Å²) in [6.45, 7) is 2.41. The molecule has 2 fully saturated rings. The highest BCUT2D eigenvalue weighted by Crippen LogP contribution is 2.28. The van der Waals surface area contributed by atoms with Gasteiger partial charge in [0.2, 0.25) is 0 Å². The molecular formula is C12H15N3O2. The highest BCUT2D eigenvalue weighted by Gasteiger charge is 2.44. The molecule has 1 aromatic carbocycles. The van der Waals surface area contributed by atoms with E-state index in [1.54, 1.807) is 23.1 Å². The molecule has 0 radical (unpaired) electrons. The van der Waals surface area contributed by atoms with E-state index in [4.69, 9.17) is 0 Å². The maximum Gasteiger partial charge on any atom is 0.322 e.